The SMILES string of the molecule is COCCn1c(-c2cnc(N(C)C)cc2OC)cc(=O)[nH]c1=S. The minimum absolute atomic E-state index is 0.266. The second kappa shape index (κ2) is 7.38. The minimum atomic E-state index is -0.266. The van der Waals surface area contributed by atoms with Gasteiger partial charge in [0.25, 0.3) is 5.56 Å². The van der Waals surface area contributed by atoms with Crippen LogP contribution in [0.3, 0.4) is 0 Å². The van der Waals surface area contributed by atoms with E-state index in [-0.39, 0.29) is 5.56 Å². The number of nitrogens with one attached hydrogen (secondary N) is 1. The van der Waals surface area contributed by atoms with E-state index < -0.39 is 0 Å². The van der Waals surface area contributed by atoms with Gasteiger partial charge in [-0.2, -0.15) is 0 Å². The van der Waals surface area contributed by atoms with Crippen molar-refractivity contribution in [2.45, 2.75) is 6.54 Å². The molecule has 1 N–H and O–H groups in total. The van der Waals surface area contributed by atoms with E-state index in [4.69, 9.17) is 21.7 Å². The van der Waals surface area contributed by atoms with Gasteiger partial charge in [0.2, 0.25) is 0 Å². The zero-order valence-corrected chi connectivity index (χ0v) is 14.4. The lowest BCUT2D eigenvalue weighted by Gasteiger charge is -2.17. The van der Waals surface area contributed by atoms with Crippen LogP contribution in [0.4, 0.5) is 5.82 Å². The molecule has 2 rings (SSSR count). The van der Waals surface area contributed by atoms with Crippen LogP contribution in [0.5, 0.6) is 5.75 Å². The molecule has 0 aromatic carbocycles. The average Bonchev–Trinajstić information content (AvgIpc) is 2.52. The molecule has 0 saturated carbocycles. The first-order chi connectivity index (χ1) is 11.0. The van der Waals surface area contributed by atoms with Gasteiger partial charge >= 0.3 is 0 Å². The number of ether oxygens (including phenoxy) is 2. The number of anilines is 1. The van der Waals surface area contributed by atoms with Crippen molar-refractivity contribution in [3.63, 3.8) is 0 Å². The predicted molar refractivity (Wildman–Crippen MR) is 91.9 cm³/mol. The fourth-order valence-electron chi connectivity index (χ4n) is 2.18. The van der Waals surface area contributed by atoms with Crippen LogP contribution in [0.2, 0.25) is 0 Å². The van der Waals surface area contributed by atoms with Crippen molar-refractivity contribution in [3.05, 3.63) is 33.5 Å². The highest BCUT2D eigenvalue weighted by Crippen LogP contribution is 2.31. The highest BCUT2D eigenvalue weighted by Gasteiger charge is 2.14. The van der Waals surface area contributed by atoms with Crippen LogP contribution in [0.1, 0.15) is 0 Å². The predicted octanol–water partition coefficient (Wildman–Crippen LogP) is 1.69. The molecule has 0 fully saturated rings. The monoisotopic (exact) mass is 336 g/mol. The van der Waals surface area contributed by atoms with Gasteiger partial charge in [0.05, 0.1) is 25.0 Å². The van der Waals surface area contributed by atoms with E-state index >= 15 is 0 Å². The number of hydrogen-bond acceptors (Lipinski definition) is 6. The van der Waals surface area contributed by atoms with Crippen molar-refractivity contribution in [3.8, 4) is 17.0 Å². The largest absolute Gasteiger partial charge is 0.496 e. The van der Waals surface area contributed by atoms with Gasteiger partial charge in [0, 0.05) is 46.1 Å². The third kappa shape index (κ3) is 3.77. The highest BCUT2D eigenvalue weighted by atomic mass is 32.1. The Morgan fingerprint density at radius 2 is 2.09 bits per heavy atom. The van der Waals surface area contributed by atoms with E-state index in [0.717, 1.165) is 5.82 Å². The zero-order valence-electron chi connectivity index (χ0n) is 13.6. The van der Waals surface area contributed by atoms with Crippen LogP contribution in [-0.2, 0) is 11.3 Å². The van der Waals surface area contributed by atoms with E-state index in [9.17, 15) is 4.79 Å². The molecule has 0 atom stereocenters. The Kier molecular flexibility index (Phi) is 5.51. The summed E-state index contributed by atoms with van der Waals surface area (Å²) >= 11 is 5.27. The summed E-state index contributed by atoms with van der Waals surface area (Å²) in [6.45, 7) is 0.985. The van der Waals surface area contributed by atoms with Crippen molar-refractivity contribution in [1.82, 2.24) is 14.5 Å². The lowest BCUT2D eigenvalue weighted by Crippen LogP contribution is -2.17. The molecule has 8 heteroatoms. The molecule has 23 heavy (non-hydrogen) atoms. The molecule has 0 aliphatic carbocycles. The third-order valence-corrected chi connectivity index (χ3v) is 3.68. The lowest BCUT2D eigenvalue weighted by molar-refractivity contribution is 0.186. The first-order valence-corrected chi connectivity index (χ1v) is 7.43. The summed E-state index contributed by atoms with van der Waals surface area (Å²) in [5.74, 6) is 1.38. The van der Waals surface area contributed by atoms with E-state index in [1.54, 1.807) is 25.0 Å². The van der Waals surface area contributed by atoms with Crippen molar-refractivity contribution in [2.24, 2.45) is 0 Å². The average molecular weight is 336 g/mol. The minimum Gasteiger partial charge on any atom is -0.496 e. The Morgan fingerprint density at radius 3 is 2.70 bits per heavy atom. The van der Waals surface area contributed by atoms with E-state index in [1.165, 1.54) is 6.07 Å². The Balaban J connectivity index is 2.65. The van der Waals surface area contributed by atoms with Crippen LogP contribution >= 0.6 is 12.2 Å². The van der Waals surface area contributed by atoms with Crippen LogP contribution in [0.15, 0.2) is 23.1 Å². The normalized spacial score (nSPS) is 10.6. The van der Waals surface area contributed by atoms with E-state index in [1.807, 2.05) is 25.1 Å². The van der Waals surface area contributed by atoms with E-state index in [0.29, 0.717) is 34.9 Å². The highest BCUT2D eigenvalue weighted by molar-refractivity contribution is 7.71. The number of aromatic nitrogens is 3. The lowest BCUT2D eigenvalue weighted by atomic mass is 10.1. The maximum Gasteiger partial charge on any atom is 0.252 e. The maximum atomic E-state index is 11.8. The number of methoxy groups -OCH3 is 2. The number of hydrogen-bond donors (Lipinski definition) is 1. The zero-order chi connectivity index (χ0) is 17.0. The van der Waals surface area contributed by atoms with Gasteiger partial charge in [-0.25, -0.2) is 4.98 Å². The molecule has 0 saturated heterocycles. The summed E-state index contributed by atoms with van der Waals surface area (Å²) in [5.41, 5.74) is 1.08. The molecule has 0 aliphatic rings. The molecule has 0 spiro atoms. The summed E-state index contributed by atoms with van der Waals surface area (Å²) in [6, 6.07) is 3.31. The molecule has 7 nitrogen and oxygen atoms in total. The number of pyridine rings is 1. The van der Waals surface area contributed by atoms with Gasteiger partial charge < -0.3 is 18.9 Å². The van der Waals surface area contributed by atoms with Crippen molar-refractivity contribution < 1.29 is 9.47 Å². The number of H-pyrrole nitrogens is 1. The standard InChI is InChI=1S/C15H20N4O3S/c1-18(2)13-8-12(22-4)10(9-16-13)11-7-14(20)17-15(23)19(11)5-6-21-3/h7-9H,5-6H2,1-4H3,(H,17,20,23). The van der Waals surface area contributed by atoms with Gasteiger partial charge in [-0.3, -0.25) is 9.78 Å². The molecule has 0 bridgehead atoms. The molecule has 0 unspecified atom stereocenters. The fraction of sp³-hybridized carbons (Fsp3) is 0.400. The Hall–Kier alpha value is -2.19. The first-order valence-electron chi connectivity index (χ1n) is 7.02. The second-order valence-corrected chi connectivity index (χ2v) is 5.49. The number of aromatic amines is 1. The summed E-state index contributed by atoms with van der Waals surface area (Å²) in [5, 5.41) is 0. The van der Waals surface area contributed by atoms with E-state index in [2.05, 4.69) is 9.97 Å². The van der Waals surface area contributed by atoms with Crippen molar-refractivity contribution in [1.29, 1.82) is 0 Å². The summed E-state index contributed by atoms with van der Waals surface area (Å²) in [6.07, 6.45) is 1.68. The molecule has 0 radical (unpaired) electrons. The Labute approximate surface area is 139 Å². The number of rotatable bonds is 6. The smallest absolute Gasteiger partial charge is 0.252 e. The molecule has 0 amide bonds. The van der Waals surface area contributed by atoms with Gasteiger partial charge in [-0.15, -0.1) is 0 Å². The fourth-order valence-corrected chi connectivity index (χ4v) is 2.47. The molecule has 2 aromatic rings. The molecular formula is C15H20N4O3S. The molecule has 2 aromatic heterocycles. The van der Waals surface area contributed by atoms with Crippen LogP contribution in [0.25, 0.3) is 11.3 Å². The topological polar surface area (TPSA) is 72.4 Å². The quantitative estimate of drug-likeness (QED) is 0.810. The first kappa shape index (κ1) is 17.2. The summed E-state index contributed by atoms with van der Waals surface area (Å²) < 4.78 is 12.7. The van der Waals surface area contributed by atoms with Crippen LogP contribution < -0.4 is 15.2 Å². The van der Waals surface area contributed by atoms with Gasteiger partial charge in [0.15, 0.2) is 4.77 Å². The third-order valence-electron chi connectivity index (χ3n) is 3.36. The Morgan fingerprint density at radius 1 is 1.35 bits per heavy atom. The summed E-state index contributed by atoms with van der Waals surface area (Å²) in [4.78, 5) is 20.7. The van der Waals surface area contributed by atoms with Crippen LogP contribution in [0, 0.1) is 4.77 Å². The van der Waals surface area contributed by atoms with Crippen molar-refractivity contribution in [2.75, 3.05) is 39.8 Å². The molecule has 0 aliphatic heterocycles. The van der Waals surface area contributed by atoms with Gasteiger partial charge in [-0.05, 0) is 12.2 Å². The molecular weight excluding hydrogens is 316 g/mol. The Bertz CT molecular complexity index is 798. The van der Waals surface area contributed by atoms with Gasteiger partial charge in [-0.1, -0.05) is 0 Å². The molecule has 2 heterocycles. The second-order valence-electron chi connectivity index (χ2n) is 5.11. The van der Waals surface area contributed by atoms with Crippen LogP contribution in [-0.4, -0.2) is 49.5 Å². The summed E-state index contributed by atoms with van der Waals surface area (Å²) in [7, 11) is 6.99. The molecule has 124 valence electrons. The number of nitrogens with zero attached hydrogens (tertiary/aromatic N) is 3. The van der Waals surface area contributed by atoms with Crippen molar-refractivity contribution >= 4 is 18.0 Å². The van der Waals surface area contributed by atoms with Gasteiger partial charge in [0.1, 0.15) is 11.6 Å². The maximum absolute atomic E-state index is 11.8.